The first kappa shape index (κ1) is 24.5. The molecule has 0 saturated carbocycles. The van der Waals surface area contributed by atoms with Crippen LogP contribution in [-0.2, 0) is 16.1 Å². The van der Waals surface area contributed by atoms with E-state index < -0.39 is 0 Å². The average molecular weight is 465 g/mol. The van der Waals surface area contributed by atoms with Crippen LogP contribution in [0.15, 0.2) is 71.3 Å². The van der Waals surface area contributed by atoms with Crippen LogP contribution in [0.4, 0.5) is 11.4 Å². The van der Waals surface area contributed by atoms with Crippen molar-refractivity contribution >= 4 is 29.1 Å². The molecule has 9 heteroatoms. The molecular weight excluding hydrogens is 436 g/mol. The van der Waals surface area contributed by atoms with E-state index in [0.29, 0.717) is 48.0 Å². The van der Waals surface area contributed by atoms with Gasteiger partial charge in [-0.2, -0.15) is 0 Å². The molecule has 34 heavy (non-hydrogen) atoms. The summed E-state index contributed by atoms with van der Waals surface area (Å²) in [6, 6.07) is 17.1. The van der Waals surface area contributed by atoms with E-state index in [9.17, 15) is 14.4 Å². The van der Waals surface area contributed by atoms with E-state index in [1.165, 1.54) is 0 Å². The van der Waals surface area contributed by atoms with Gasteiger partial charge in [-0.15, -0.1) is 0 Å². The van der Waals surface area contributed by atoms with Crippen molar-refractivity contribution in [2.45, 2.75) is 13.0 Å². The number of hydrogen-bond acceptors (Lipinski definition) is 6. The maximum Gasteiger partial charge on any atom is 0.251 e. The molecule has 3 aromatic rings. The van der Waals surface area contributed by atoms with Crippen molar-refractivity contribution in [3.05, 3.63) is 83.8 Å². The van der Waals surface area contributed by atoms with Crippen molar-refractivity contribution in [3.8, 4) is 0 Å². The molecule has 178 valence electrons. The summed E-state index contributed by atoms with van der Waals surface area (Å²) in [5.74, 6) is -0.0225. The van der Waals surface area contributed by atoms with Crippen molar-refractivity contribution in [1.29, 1.82) is 0 Å². The zero-order valence-corrected chi connectivity index (χ0v) is 18.9. The van der Waals surface area contributed by atoms with Crippen LogP contribution in [0.2, 0.25) is 0 Å². The second kappa shape index (κ2) is 12.8. The summed E-state index contributed by atoms with van der Waals surface area (Å²) in [6.07, 6.45) is 2.28. The lowest BCUT2D eigenvalue weighted by Gasteiger charge is -2.10. The fourth-order valence-electron chi connectivity index (χ4n) is 3.07. The van der Waals surface area contributed by atoms with Gasteiger partial charge in [-0.3, -0.25) is 14.4 Å². The number of anilines is 2. The topological polar surface area (TPSA) is 122 Å². The molecule has 0 atom stereocenters. The molecule has 0 unspecified atom stereocenters. The average Bonchev–Trinajstić information content (AvgIpc) is 3.38. The lowest BCUT2D eigenvalue weighted by atomic mass is 10.2. The molecule has 4 N–H and O–H groups in total. The van der Waals surface area contributed by atoms with Gasteiger partial charge in [0.2, 0.25) is 5.91 Å². The predicted molar refractivity (Wildman–Crippen MR) is 129 cm³/mol. The van der Waals surface area contributed by atoms with Gasteiger partial charge < -0.3 is 30.4 Å². The van der Waals surface area contributed by atoms with Crippen LogP contribution in [0.1, 0.15) is 32.9 Å². The number of benzene rings is 2. The summed E-state index contributed by atoms with van der Waals surface area (Å²) in [5.41, 5.74) is 2.18. The summed E-state index contributed by atoms with van der Waals surface area (Å²) in [4.78, 5) is 36.8. The first-order valence-corrected chi connectivity index (χ1v) is 10.9. The molecule has 0 saturated heterocycles. The van der Waals surface area contributed by atoms with Crippen molar-refractivity contribution < 1.29 is 23.5 Å². The second-order valence-electron chi connectivity index (χ2n) is 7.42. The van der Waals surface area contributed by atoms with Crippen LogP contribution in [0, 0.1) is 0 Å². The Kier molecular flexibility index (Phi) is 9.24. The maximum atomic E-state index is 12.3. The van der Waals surface area contributed by atoms with Gasteiger partial charge in [0, 0.05) is 42.8 Å². The Morgan fingerprint density at radius 3 is 2.41 bits per heavy atom. The largest absolute Gasteiger partial charge is 0.467 e. The first-order valence-electron chi connectivity index (χ1n) is 10.9. The molecule has 2 aromatic carbocycles. The van der Waals surface area contributed by atoms with Gasteiger partial charge in [0.05, 0.1) is 19.4 Å². The zero-order chi connectivity index (χ0) is 24.2. The van der Waals surface area contributed by atoms with E-state index in [-0.39, 0.29) is 24.3 Å². The smallest absolute Gasteiger partial charge is 0.251 e. The third kappa shape index (κ3) is 7.79. The van der Waals surface area contributed by atoms with Crippen LogP contribution in [0.5, 0.6) is 0 Å². The van der Waals surface area contributed by atoms with Crippen molar-refractivity contribution in [2.24, 2.45) is 0 Å². The molecule has 0 aliphatic rings. The van der Waals surface area contributed by atoms with E-state index >= 15 is 0 Å². The number of methoxy groups -OCH3 is 1. The molecule has 9 nitrogen and oxygen atoms in total. The molecular formula is C25H28N4O5. The van der Waals surface area contributed by atoms with E-state index in [0.717, 1.165) is 6.42 Å². The lowest BCUT2D eigenvalue weighted by Crippen LogP contribution is -2.25. The van der Waals surface area contributed by atoms with E-state index in [4.69, 9.17) is 9.15 Å². The normalized spacial score (nSPS) is 10.4. The highest BCUT2D eigenvalue weighted by Crippen LogP contribution is 2.12. The first-order chi connectivity index (χ1) is 16.5. The summed E-state index contributed by atoms with van der Waals surface area (Å²) in [5, 5.41) is 11.4. The Bertz CT molecular complexity index is 1080. The number of amides is 3. The number of furan rings is 1. The van der Waals surface area contributed by atoms with Crippen LogP contribution < -0.4 is 21.3 Å². The van der Waals surface area contributed by atoms with Gasteiger partial charge in [0.1, 0.15) is 5.76 Å². The van der Waals surface area contributed by atoms with Gasteiger partial charge >= 0.3 is 0 Å². The highest BCUT2D eigenvalue weighted by Gasteiger charge is 2.09. The van der Waals surface area contributed by atoms with Crippen LogP contribution >= 0.6 is 0 Å². The monoisotopic (exact) mass is 464 g/mol. The van der Waals surface area contributed by atoms with Crippen LogP contribution in [-0.4, -0.2) is 44.5 Å². The second-order valence-corrected chi connectivity index (χ2v) is 7.42. The predicted octanol–water partition coefficient (Wildman–Crippen LogP) is 3.03. The highest BCUT2D eigenvalue weighted by atomic mass is 16.5. The Morgan fingerprint density at radius 2 is 1.68 bits per heavy atom. The molecule has 0 aliphatic carbocycles. The van der Waals surface area contributed by atoms with Crippen LogP contribution in [0.25, 0.3) is 0 Å². The molecule has 3 rings (SSSR count). The zero-order valence-electron chi connectivity index (χ0n) is 18.9. The van der Waals surface area contributed by atoms with Gasteiger partial charge in [0.15, 0.2) is 0 Å². The van der Waals surface area contributed by atoms with E-state index in [2.05, 4.69) is 21.3 Å². The quantitative estimate of drug-likeness (QED) is 0.306. The minimum atomic E-state index is -0.266. The molecule has 0 bridgehead atoms. The summed E-state index contributed by atoms with van der Waals surface area (Å²) >= 11 is 0. The Balaban J connectivity index is 1.44. The van der Waals surface area contributed by atoms with Gasteiger partial charge in [-0.1, -0.05) is 6.07 Å². The Morgan fingerprint density at radius 1 is 0.882 bits per heavy atom. The minimum absolute atomic E-state index is 0.0253. The van der Waals surface area contributed by atoms with E-state index in [1.807, 2.05) is 0 Å². The van der Waals surface area contributed by atoms with Crippen molar-refractivity contribution in [1.82, 2.24) is 10.6 Å². The minimum Gasteiger partial charge on any atom is -0.467 e. The summed E-state index contributed by atoms with van der Waals surface area (Å²) in [6.45, 7) is 1.42. The number of carbonyl (C=O) groups is 3. The molecule has 0 spiro atoms. The number of carbonyl (C=O) groups excluding carboxylic acids is 3. The Hall–Kier alpha value is -4.11. The fourth-order valence-corrected chi connectivity index (χ4v) is 3.07. The summed E-state index contributed by atoms with van der Waals surface area (Å²) in [7, 11) is 1.61. The Labute approximate surface area is 197 Å². The third-order valence-electron chi connectivity index (χ3n) is 4.82. The number of nitrogens with one attached hydrogen (secondary N) is 4. The molecule has 3 amide bonds. The molecule has 0 aliphatic heterocycles. The molecule has 1 aromatic heterocycles. The standard InChI is InChI=1S/C25H28N4O5/c1-33-13-4-12-26-25(32)19-5-2-6-21(15-19)29-23(30)17-27-20-10-8-18(9-11-20)24(31)28-16-22-7-3-14-34-22/h2-3,5-11,14-15,27H,4,12-13,16-17H2,1H3,(H,26,32)(H,28,31)(H,29,30). The maximum absolute atomic E-state index is 12.3. The van der Waals surface area contributed by atoms with Crippen molar-refractivity contribution in [2.75, 3.05) is 37.4 Å². The fraction of sp³-hybridized carbons (Fsp3) is 0.240. The molecule has 0 fully saturated rings. The molecule has 1 heterocycles. The SMILES string of the molecule is COCCCNC(=O)c1cccc(NC(=O)CNc2ccc(C(=O)NCc3ccco3)cc2)c1. The van der Waals surface area contributed by atoms with Crippen molar-refractivity contribution in [3.63, 3.8) is 0 Å². The lowest BCUT2D eigenvalue weighted by molar-refractivity contribution is -0.114. The number of hydrogen-bond donors (Lipinski definition) is 4. The third-order valence-corrected chi connectivity index (χ3v) is 4.82. The summed E-state index contributed by atoms with van der Waals surface area (Å²) < 4.78 is 10.2. The highest BCUT2D eigenvalue weighted by molar-refractivity contribution is 5.98. The molecule has 0 radical (unpaired) electrons. The van der Waals surface area contributed by atoms with Gasteiger partial charge in [-0.25, -0.2) is 0 Å². The van der Waals surface area contributed by atoms with Crippen LogP contribution in [0.3, 0.4) is 0 Å². The number of rotatable bonds is 12. The number of ether oxygens (including phenoxy) is 1. The van der Waals surface area contributed by atoms with Gasteiger partial charge in [0.25, 0.3) is 11.8 Å². The van der Waals surface area contributed by atoms with Gasteiger partial charge in [-0.05, 0) is 61.0 Å². The van der Waals surface area contributed by atoms with E-state index in [1.54, 1.807) is 74.0 Å².